The van der Waals surface area contributed by atoms with Gasteiger partial charge in [0.25, 0.3) is 6.47 Å². The van der Waals surface area contributed by atoms with Gasteiger partial charge in [0.1, 0.15) is 18.1 Å². The normalized spacial score (nSPS) is 14.8. The van der Waals surface area contributed by atoms with E-state index in [0.717, 1.165) is 33.7 Å². The van der Waals surface area contributed by atoms with Crippen molar-refractivity contribution in [2.24, 2.45) is 0 Å². The third-order valence-corrected chi connectivity index (χ3v) is 5.46. The molecule has 0 bridgehead atoms. The Labute approximate surface area is 177 Å². The molecule has 0 radical (unpaired) electrons. The van der Waals surface area contributed by atoms with E-state index in [1.165, 1.54) is 5.56 Å². The zero-order chi connectivity index (χ0) is 21.1. The van der Waals surface area contributed by atoms with E-state index >= 15 is 0 Å². The average Bonchev–Trinajstić information content (AvgIpc) is 3.17. The number of benzene rings is 3. The highest BCUT2D eigenvalue weighted by molar-refractivity contribution is 5.70. The number of nitrogens with zero attached hydrogens (tertiary/aromatic N) is 1. The van der Waals surface area contributed by atoms with Crippen molar-refractivity contribution in [1.82, 2.24) is 5.32 Å². The molecule has 1 aliphatic heterocycles. The second kappa shape index (κ2) is 8.59. The van der Waals surface area contributed by atoms with E-state index in [1.807, 2.05) is 42.5 Å². The maximum absolute atomic E-state index is 11.0. The molecule has 30 heavy (non-hydrogen) atoms. The van der Waals surface area contributed by atoms with E-state index in [-0.39, 0.29) is 6.04 Å². The number of aryl methyl sites for hydroxylation is 1. The number of hydrogen-bond acceptors (Lipinski definition) is 5. The van der Waals surface area contributed by atoms with Crippen LogP contribution in [0.25, 0.3) is 0 Å². The van der Waals surface area contributed by atoms with Gasteiger partial charge in [-0.2, -0.15) is 0 Å². The molecule has 0 saturated heterocycles. The van der Waals surface area contributed by atoms with E-state index in [0.29, 0.717) is 25.4 Å². The summed E-state index contributed by atoms with van der Waals surface area (Å²) in [6, 6.07) is 19.9. The highest BCUT2D eigenvalue weighted by Gasteiger charge is 2.32. The van der Waals surface area contributed by atoms with Gasteiger partial charge in [0.15, 0.2) is 0 Å². The summed E-state index contributed by atoms with van der Waals surface area (Å²) in [4.78, 5) is 13.2. The maximum Gasteiger partial charge on any atom is 0.298 e. The van der Waals surface area contributed by atoms with Crippen LogP contribution in [0, 0.1) is 6.92 Å². The minimum atomic E-state index is -0.0903. The van der Waals surface area contributed by atoms with Crippen molar-refractivity contribution in [3.8, 4) is 11.5 Å². The Kier molecular flexibility index (Phi) is 5.72. The molecule has 0 fully saturated rings. The van der Waals surface area contributed by atoms with Gasteiger partial charge < -0.3 is 19.7 Å². The van der Waals surface area contributed by atoms with Crippen molar-refractivity contribution in [3.05, 3.63) is 88.5 Å². The van der Waals surface area contributed by atoms with E-state index in [1.54, 1.807) is 0 Å². The van der Waals surface area contributed by atoms with Gasteiger partial charge in [-0.1, -0.05) is 48.5 Å². The summed E-state index contributed by atoms with van der Waals surface area (Å²) in [6.45, 7) is 3.78. The van der Waals surface area contributed by atoms with Crippen molar-refractivity contribution >= 4 is 12.2 Å². The zero-order valence-corrected chi connectivity index (χ0v) is 17.5. The lowest BCUT2D eigenvalue weighted by Gasteiger charge is -2.25. The fraction of sp³-hybridized carbons (Fsp3) is 0.240. The molecular formula is C25H26N2O3. The van der Waals surface area contributed by atoms with Crippen LogP contribution in [-0.4, -0.2) is 20.6 Å². The lowest BCUT2D eigenvalue weighted by molar-refractivity contribution is -0.120. The van der Waals surface area contributed by atoms with E-state index in [9.17, 15) is 4.79 Å². The van der Waals surface area contributed by atoms with Crippen LogP contribution in [0.1, 0.15) is 33.9 Å². The van der Waals surface area contributed by atoms with Crippen LogP contribution in [0.2, 0.25) is 0 Å². The van der Waals surface area contributed by atoms with Crippen molar-refractivity contribution in [3.63, 3.8) is 0 Å². The smallest absolute Gasteiger partial charge is 0.298 e. The first kappa shape index (κ1) is 20.0. The SMILES string of the molecule is Cc1cc(OCc2ccccc2)c2c(c1N(C)C)C(c1ccccc1OC=O)NC2. The van der Waals surface area contributed by atoms with Crippen LogP contribution in [0.15, 0.2) is 60.7 Å². The Morgan fingerprint density at radius 1 is 1.07 bits per heavy atom. The summed E-state index contributed by atoms with van der Waals surface area (Å²) >= 11 is 0. The molecule has 1 N–H and O–H groups in total. The van der Waals surface area contributed by atoms with E-state index in [4.69, 9.17) is 9.47 Å². The van der Waals surface area contributed by atoms with Gasteiger partial charge in [0, 0.05) is 43.0 Å². The molecule has 1 heterocycles. The lowest BCUT2D eigenvalue weighted by atomic mass is 9.92. The van der Waals surface area contributed by atoms with Crippen LogP contribution in [0.5, 0.6) is 11.5 Å². The monoisotopic (exact) mass is 402 g/mol. The number of hydrogen-bond donors (Lipinski definition) is 1. The van der Waals surface area contributed by atoms with Crippen LogP contribution in [0.4, 0.5) is 5.69 Å². The van der Waals surface area contributed by atoms with Gasteiger partial charge in [-0.3, -0.25) is 4.79 Å². The van der Waals surface area contributed by atoms with Crippen LogP contribution in [-0.2, 0) is 17.9 Å². The third-order valence-electron chi connectivity index (χ3n) is 5.46. The molecule has 0 aromatic heterocycles. The molecule has 3 aromatic rings. The number of ether oxygens (including phenoxy) is 2. The average molecular weight is 402 g/mol. The molecule has 0 spiro atoms. The van der Waals surface area contributed by atoms with Gasteiger partial charge in [0.2, 0.25) is 0 Å². The number of carbonyl (C=O) groups is 1. The summed E-state index contributed by atoms with van der Waals surface area (Å²) < 4.78 is 11.5. The van der Waals surface area contributed by atoms with Gasteiger partial charge in [-0.15, -0.1) is 0 Å². The van der Waals surface area contributed by atoms with E-state index in [2.05, 4.69) is 49.4 Å². The van der Waals surface area contributed by atoms with Crippen molar-refractivity contribution < 1.29 is 14.3 Å². The second-order valence-corrected chi connectivity index (χ2v) is 7.67. The van der Waals surface area contributed by atoms with Gasteiger partial charge in [-0.05, 0) is 30.2 Å². The van der Waals surface area contributed by atoms with Crippen molar-refractivity contribution in [1.29, 1.82) is 0 Å². The minimum Gasteiger partial charge on any atom is -0.489 e. The number of fused-ring (bicyclic) bond motifs is 1. The Balaban J connectivity index is 1.78. The van der Waals surface area contributed by atoms with Crippen LogP contribution in [0.3, 0.4) is 0 Å². The topological polar surface area (TPSA) is 50.8 Å². The minimum absolute atomic E-state index is 0.0903. The number of para-hydroxylation sites is 1. The third kappa shape index (κ3) is 3.76. The van der Waals surface area contributed by atoms with Crippen LogP contribution < -0.4 is 19.7 Å². The molecule has 4 rings (SSSR count). The molecule has 1 aliphatic rings. The molecule has 1 unspecified atom stereocenters. The Hall–Kier alpha value is -3.31. The first-order valence-electron chi connectivity index (χ1n) is 10.0. The fourth-order valence-corrected chi connectivity index (χ4v) is 4.24. The predicted octanol–water partition coefficient (Wildman–Crippen LogP) is 4.37. The first-order chi connectivity index (χ1) is 14.6. The molecule has 0 saturated carbocycles. The van der Waals surface area contributed by atoms with Gasteiger partial charge >= 0.3 is 0 Å². The number of carbonyl (C=O) groups excluding carboxylic acids is 1. The van der Waals surface area contributed by atoms with Gasteiger partial charge in [-0.25, -0.2) is 0 Å². The highest BCUT2D eigenvalue weighted by Crippen LogP contribution is 2.45. The Bertz CT molecular complexity index is 1050. The summed E-state index contributed by atoms with van der Waals surface area (Å²) in [5.41, 5.74) is 6.69. The summed E-state index contributed by atoms with van der Waals surface area (Å²) in [7, 11) is 4.10. The Morgan fingerprint density at radius 3 is 2.53 bits per heavy atom. The molecule has 5 heteroatoms. The largest absolute Gasteiger partial charge is 0.489 e. The molecule has 0 amide bonds. The van der Waals surface area contributed by atoms with Crippen molar-refractivity contribution in [2.45, 2.75) is 26.1 Å². The predicted molar refractivity (Wildman–Crippen MR) is 118 cm³/mol. The molecule has 154 valence electrons. The fourth-order valence-electron chi connectivity index (χ4n) is 4.24. The first-order valence-corrected chi connectivity index (χ1v) is 10.0. The number of rotatable bonds is 7. The highest BCUT2D eigenvalue weighted by atomic mass is 16.5. The molecule has 1 atom stereocenters. The summed E-state index contributed by atoms with van der Waals surface area (Å²) in [5, 5.41) is 3.60. The quantitative estimate of drug-likeness (QED) is 0.595. The number of anilines is 1. The van der Waals surface area contributed by atoms with E-state index < -0.39 is 0 Å². The van der Waals surface area contributed by atoms with Gasteiger partial charge in [0.05, 0.1) is 6.04 Å². The standard InChI is InChI=1S/C25H26N2O3/c1-17-13-22(29-15-18-9-5-4-6-10-18)20-14-26-24(23(20)25(17)27(2)3)19-11-7-8-12-21(19)30-16-28/h4-13,16,24,26H,14-15H2,1-3H3. The van der Waals surface area contributed by atoms with Crippen LogP contribution >= 0.6 is 0 Å². The van der Waals surface area contributed by atoms with Crippen molar-refractivity contribution in [2.75, 3.05) is 19.0 Å². The molecule has 0 aliphatic carbocycles. The molecule has 5 nitrogen and oxygen atoms in total. The Morgan fingerprint density at radius 2 is 1.80 bits per heavy atom. The maximum atomic E-state index is 11.0. The summed E-state index contributed by atoms with van der Waals surface area (Å²) in [5.74, 6) is 1.46. The zero-order valence-electron chi connectivity index (χ0n) is 17.5. The number of nitrogens with one attached hydrogen (secondary N) is 1. The lowest BCUT2D eigenvalue weighted by Crippen LogP contribution is -2.19. The second-order valence-electron chi connectivity index (χ2n) is 7.67. The summed E-state index contributed by atoms with van der Waals surface area (Å²) in [6.07, 6.45) is 0. The molecular weight excluding hydrogens is 376 g/mol. The molecule has 3 aromatic carbocycles.